The van der Waals surface area contributed by atoms with Crippen LogP contribution in [0.5, 0.6) is 0 Å². The number of carboxylic acid groups (broad SMARTS) is 1. The lowest BCUT2D eigenvalue weighted by Crippen LogP contribution is -2.47. The van der Waals surface area contributed by atoms with Gasteiger partial charge >= 0.3 is 5.97 Å². The molecule has 20 heavy (non-hydrogen) atoms. The van der Waals surface area contributed by atoms with Crippen LogP contribution in [0.2, 0.25) is 0 Å². The van der Waals surface area contributed by atoms with Crippen LogP contribution in [-0.2, 0) is 9.59 Å². The Morgan fingerprint density at radius 3 is 2.25 bits per heavy atom. The fraction of sp³-hybridized carbons (Fsp3) is 0.875. The fourth-order valence-corrected chi connectivity index (χ4v) is 3.69. The maximum Gasteiger partial charge on any atom is 0.303 e. The zero-order valence-corrected chi connectivity index (χ0v) is 12.7. The predicted molar refractivity (Wildman–Crippen MR) is 77.3 cm³/mol. The zero-order chi connectivity index (χ0) is 14.8. The van der Waals surface area contributed by atoms with Crippen LogP contribution in [-0.4, -0.2) is 22.5 Å². The first-order valence-corrected chi connectivity index (χ1v) is 7.86. The number of amides is 1. The van der Waals surface area contributed by atoms with E-state index in [0.717, 1.165) is 32.1 Å². The predicted octanol–water partition coefficient (Wildman–Crippen LogP) is 3.11. The van der Waals surface area contributed by atoms with Crippen LogP contribution in [0, 0.1) is 11.3 Å². The van der Waals surface area contributed by atoms with E-state index in [9.17, 15) is 9.59 Å². The van der Waals surface area contributed by atoms with Crippen molar-refractivity contribution < 1.29 is 14.7 Å². The van der Waals surface area contributed by atoms with Crippen LogP contribution in [0.25, 0.3) is 0 Å². The Morgan fingerprint density at radius 2 is 1.75 bits per heavy atom. The second-order valence-corrected chi connectivity index (χ2v) is 7.35. The number of hydrogen-bond donors (Lipinski definition) is 2. The minimum absolute atomic E-state index is 0.0325. The summed E-state index contributed by atoms with van der Waals surface area (Å²) in [7, 11) is 0. The van der Waals surface area contributed by atoms with Crippen LogP contribution < -0.4 is 5.32 Å². The SMILES string of the molecule is CC(C)(NC(=O)CC1(CC(=O)O)CCCCC1)C1CC1. The lowest BCUT2D eigenvalue weighted by atomic mass is 9.69. The highest BCUT2D eigenvalue weighted by Crippen LogP contribution is 2.43. The van der Waals surface area contributed by atoms with Gasteiger partial charge in [0.2, 0.25) is 5.91 Å². The third-order valence-electron chi connectivity index (χ3n) is 5.04. The molecule has 0 aromatic carbocycles. The molecule has 2 aliphatic carbocycles. The maximum atomic E-state index is 12.3. The summed E-state index contributed by atoms with van der Waals surface area (Å²) >= 11 is 0. The first-order valence-electron chi connectivity index (χ1n) is 7.86. The normalized spacial score (nSPS) is 22.3. The number of aliphatic carboxylic acids is 1. The molecule has 0 aromatic rings. The lowest BCUT2D eigenvalue weighted by molar-refractivity contribution is -0.141. The molecule has 4 nitrogen and oxygen atoms in total. The van der Waals surface area contributed by atoms with Gasteiger partial charge in [-0.2, -0.15) is 0 Å². The zero-order valence-electron chi connectivity index (χ0n) is 12.7. The summed E-state index contributed by atoms with van der Waals surface area (Å²) in [5.74, 6) is -0.153. The van der Waals surface area contributed by atoms with Gasteiger partial charge in [-0.25, -0.2) is 0 Å². The van der Waals surface area contributed by atoms with E-state index in [1.54, 1.807) is 0 Å². The third kappa shape index (κ3) is 3.97. The number of carbonyl (C=O) groups is 2. The van der Waals surface area contributed by atoms with Gasteiger partial charge in [-0.05, 0) is 50.9 Å². The molecule has 0 spiro atoms. The highest BCUT2D eigenvalue weighted by molar-refractivity contribution is 5.78. The minimum Gasteiger partial charge on any atom is -0.481 e. The molecule has 0 atom stereocenters. The Balaban J connectivity index is 1.96. The van der Waals surface area contributed by atoms with Crippen molar-refractivity contribution >= 4 is 11.9 Å². The van der Waals surface area contributed by atoms with E-state index >= 15 is 0 Å². The number of nitrogens with one attached hydrogen (secondary N) is 1. The van der Waals surface area contributed by atoms with Gasteiger partial charge in [0.05, 0.1) is 6.42 Å². The third-order valence-corrected chi connectivity index (χ3v) is 5.04. The summed E-state index contributed by atoms with van der Waals surface area (Å²) in [6, 6.07) is 0. The fourth-order valence-electron chi connectivity index (χ4n) is 3.69. The molecule has 2 aliphatic rings. The van der Waals surface area contributed by atoms with Gasteiger partial charge in [-0.3, -0.25) is 9.59 Å². The van der Waals surface area contributed by atoms with Crippen molar-refractivity contribution in [2.24, 2.45) is 11.3 Å². The van der Waals surface area contributed by atoms with E-state index in [4.69, 9.17) is 5.11 Å². The summed E-state index contributed by atoms with van der Waals surface area (Å²) < 4.78 is 0. The molecule has 2 N–H and O–H groups in total. The van der Waals surface area contributed by atoms with Crippen molar-refractivity contribution in [1.29, 1.82) is 0 Å². The van der Waals surface area contributed by atoms with Gasteiger partial charge in [0.1, 0.15) is 0 Å². The summed E-state index contributed by atoms with van der Waals surface area (Å²) in [5, 5.41) is 12.3. The highest BCUT2D eigenvalue weighted by atomic mass is 16.4. The van der Waals surface area contributed by atoms with Crippen molar-refractivity contribution in [3.8, 4) is 0 Å². The summed E-state index contributed by atoms with van der Waals surface area (Å²) in [4.78, 5) is 23.5. The van der Waals surface area contributed by atoms with Gasteiger partial charge < -0.3 is 10.4 Å². The molecule has 0 bridgehead atoms. The van der Waals surface area contributed by atoms with E-state index in [1.165, 1.54) is 12.8 Å². The standard InChI is InChI=1S/C16H27NO3/c1-15(2,12-6-7-12)17-13(18)10-16(11-14(19)20)8-4-3-5-9-16/h12H,3-11H2,1-2H3,(H,17,18)(H,19,20). The minimum atomic E-state index is -0.777. The molecule has 0 unspecified atom stereocenters. The molecule has 114 valence electrons. The van der Waals surface area contributed by atoms with Crippen LogP contribution in [0.4, 0.5) is 0 Å². The average molecular weight is 281 g/mol. The van der Waals surface area contributed by atoms with Gasteiger partial charge in [0.25, 0.3) is 0 Å². The van der Waals surface area contributed by atoms with E-state index in [2.05, 4.69) is 19.2 Å². The molecule has 2 rings (SSSR count). The molecule has 0 aliphatic heterocycles. The van der Waals surface area contributed by atoms with Crippen LogP contribution >= 0.6 is 0 Å². The van der Waals surface area contributed by atoms with Crippen molar-refractivity contribution in [2.75, 3.05) is 0 Å². The topological polar surface area (TPSA) is 66.4 Å². The first-order chi connectivity index (χ1) is 9.33. The van der Waals surface area contributed by atoms with Crippen LogP contribution in [0.15, 0.2) is 0 Å². The number of carbonyl (C=O) groups excluding carboxylic acids is 1. The number of rotatable bonds is 6. The summed E-state index contributed by atoms with van der Waals surface area (Å²) in [6.07, 6.45) is 7.88. The molecule has 0 aromatic heterocycles. The Kier molecular flexibility index (Phi) is 4.40. The molecule has 4 heteroatoms. The maximum absolute atomic E-state index is 12.3. The van der Waals surface area contributed by atoms with Gasteiger partial charge in [0, 0.05) is 12.0 Å². The second-order valence-electron chi connectivity index (χ2n) is 7.35. The molecular weight excluding hydrogens is 254 g/mol. The van der Waals surface area contributed by atoms with Crippen LogP contribution in [0.1, 0.15) is 71.6 Å². The van der Waals surface area contributed by atoms with Crippen molar-refractivity contribution in [3.63, 3.8) is 0 Å². The highest BCUT2D eigenvalue weighted by Gasteiger charge is 2.41. The molecule has 1 amide bonds. The van der Waals surface area contributed by atoms with Gasteiger partial charge in [-0.15, -0.1) is 0 Å². The number of hydrogen-bond acceptors (Lipinski definition) is 2. The molecule has 2 fully saturated rings. The Labute approximate surface area is 121 Å². The average Bonchev–Trinajstić information content (AvgIpc) is 3.11. The summed E-state index contributed by atoms with van der Waals surface area (Å²) in [5.41, 5.74) is -0.454. The van der Waals surface area contributed by atoms with E-state index < -0.39 is 5.97 Å². The molecule has 0 saturated heterocycles. The smallest absolute Gasteiger partial charge is 0.303 e. The molecular formula is C16H27NO3. The van der Waals surface area contributed by atoms with Crippen molar-refractivity contribution in [1.82, 2.24) is 5.32 Å². The van der Waals surface area contributed by atoms with Crippen LogP contribution in [0.3, 0.4) is 0 Å². The summed E-state index contributed by atoms with van der Waals surface area (Å²) in [6.45, 7) is 4.15. The molecule has 0 radical (unpaired) electrons. The Bertz CT molecular complexity index is 379. The number of carboxylic acids is 1. The largest absolute Gasteiger partial charge is 0.481 e. The monoisotopic (exact) mass is 281 g/mol. The van der Waals surface area contributed by atoms with E-state index in [-0.39, 0.29) is 23.3 Å². The Morgan fingerprint density at radius 1 is 1.15 bits per heavy atom. The van der Waals surface area contributed by atoms with Crippen molar-refractivity contribution in [3.05, 3.63) is 0 Å². The van der Waals surface area contributed by atoms with Gasteiger partial charge in [-0.1, -0.05) is 19.3 Å². The lowest BCUT2D eigenvalue weighted by Gasteiger charge is -2.37. The first kappa shape index (κ1) is 15.3. The quantitative estimate of drug-likeness (QED) is 0.786. The molecule has 2 saturated carbocycles. The van der Waals surface area contributed by atoms with E-state index in [0.29, 0.717) is 12.3 Å². The van der Waals surface area contributed by atoms with Gasteiger partial charge in [0.15, 0.2) is 0 Å². The Hall–Kier alpha value is -1.06. The second kappa shape index (κ2) is 5.74. The van der Waals surface area contributed by atoms with E-state index in [1.807, 2.05) is 0 Å². The molecule has 0 heterocycles. The van der Waals surface area contributed by atoms with Crippen molar-refractivity contribution in [2.45, 2.75) is 77.2 Å².